The minimum Gasteiger partial charge on any atom is -0.399 e. The number of anilines is 1. The molecule has 0 fully saturated rings. The molecule has 0 aliphatic heterocycles. The molecular weight excluding hydrogens is 295 g/mol. The van der Waals surface area contributed by atoms with E-state index in [9.17, 15) is 28.1 Å². The van der Waals surface area contributed by atoms with Crippen molar-refractivity contribution < 1.29 is 28.0 Å². The molecule has 0 aliphatic carbocycles. The highest BCUT2D eigenvalue weighted by Crippen LogP contribution is 2.24. The molecule has 3 N–H and O–H groups in total. The van der Waals surface area contributed by atoms with Crippen LogP contribution in [0.2, 0.25) is 0 Å². The first kappa shape index (κ1) is 16.7. The molecule has 7 nitrogen and oxygen atoms in total. The Labute approximate surface area is 116 Å². The maximum Gasteiger partial charge on any atom is 0.406 e. The number of hydrogen-bond donors (Lipinski definition) is 2. The summed E-state index contributed by atoms with van der Waals surface area (Å²) in [6.45, 7) is -2.94. The number of nitrogens with zero attached hydrogens (tertiary/aromatic N) is 2. The van der Waals surface area contributed by atoms with Gasteiger partial charge in [0.05, 0.1) is 11.5 Å². The van der Waals surface area contributed by atoms with Gasteiger partial charge in [-0.3, -0.25) is 14.9 Å². The Kier molecular flexibility index (Phi) is 5.08. The molecule has 0 aromatic heterocycles. The standard InChI is InChI=1S/C11H12F3N3O4/c12-11(13,14)6-16(3-4-18)10(19)8-5-7(15)1-2-9(8)17(20)21/h1-2,5,18H,3-4,6,15H2. The topological polar surface area (TPSA) is 110 Å². The Morgan fingerprint density at radius 2 is 2.05 bits per heavy atom. The summed E-state index contributed by atoms with van der Waals surface area (Å²) in [4.78, 5) is 22.3. The number of nitro benzene ring substituents is 1. The van der Waals surface area contributed by atoms with Crippen LogP contribution in [-0.4, -0.2) is 46.7 Å². The van der Waals surface area contributed by atoms with Gasteiger partial charge in [0, 0.05) is 18.3 Å². The van der Waals surface area contributed by atoms with E-state index in [-0.39, 0.29) is 10.6 Å². The summed E-state index contributed by atoms with van der Waals surface area (Å²) in [5.74, 6) is -1.22. The number of alkyl halides is 3. The highest BCUT2D eigenvalue weighted by atomic mass is 19.4. The zero-order valence-electron chi connectivity index (χ0n) is 10.6. The van der Waals surface area contributed by atoms with Gasteiger partial charge in [-0.2, -0.15) is 13.2 Å². The van der Waals surface area contributed by atoms with Crippen LogP contribution < -0.4 is 5.73 Å². The van der Waals surface area contributed by atoms with Gasteiger partial charge < -0.3 is 15.7 Å². The lowest BCUT2D eigenvalue weighted by Crippen LogP contribution is -2.40. The lowest BCUT2D eigenvalue weighted by molar-refractivity contribution is -0.385. The van der Waals surface area contributed by atoms with Gasteiger partial charge in [-0.05, 0) is 12.1 Å². The smallest absolute Gasteiger partial charge is 0.399 e. The summed E-state index contributed by atoms with van der Waals surface area (Å²) in [5.41, 5.74) is 4.19. The number of nitrogen functional groups attached to an aromatic ring is 1. The first-order valence-corrected chi connectivity index (χ1v) is 5.66. The van der Waals surface area contributed by atoms with Crippen molar-refractivity contribution in [2.75, 3.05) is 25.4 Å². The fourth-order valence-electron chi connectivity index (χ4n) is 1.64. The molecule has 1 rings (SSSR count). The Hall–Kier alpha value is -2.36. The van der Waals surface area contributed by atoms with Crippen LogP contribution in [0.5, 0.6) is 0 Å². The van der Waals surface area contributed by atoms with Gasteiger partial charge in [0.15, 0.2) is 0 Å². The van der Waals surface area contributed by atoms with E-state index < -0.39 is 48.0 Å². The fourth-order valence-corrected chi connectivity index (χ4v) is 1.64. The second kappa shape index (κ2) is 6.39. The summed E-state index contributed by atoms with van der Waals surface area (Å²) >= 11 is 0. The van der Waals surface area contributed by atoms with Crippen molar-refractivity contribution in [2.24, 2.45) is 0 Å². The molecule has 116 valence electrons. The van der Waals surface area contributed by atoms with Crippen molar-refractivity contribution in [1.82, 2.24) is 4.90 Å². The average molecular weight is 307 g/mol. The van der Waals surface area contributed by atoms with Crippen LogP contribution in [0.4, 0.5) is 24.5 Å². The normalized spacial score (nSPS) is 11.2. The average Bonchev–Trinajstić information content (AvgIpc) is 2.35. The maximum atomic E-state index is 12.4. The Balaban J connectivity index is 3.19. The number of hydrogen-bond acceptors (Lipinski definition) is 5. The molecule has 1 amide bonds. The van der Waals surface area contributed by atoms with E-state index in [1.807, 2.05) is 0 Å². The van der Waals surface area contributed by atoms with E-state index in [4.69, 9.17) is 10.8 Å². The van der Waals surface area contributed by atoms with Gasteiger partial charge >= 0.3 is 6.18 Å². The minimum atomic E-state index is -4.69. The van der Waals surface area contributed by atoms with E-state index in [2.05, 4.69) is 0 Å². The second-order valence-corrected chi connectivity index (χ2v) is 4.10. The molecule has 0 saturated heterocycles. The van der Waals surface area contributed by atoms with Crippen LogP contribution in [-0.2, 0) is 0 Å². The third-order valence-electron chi connectivity index (χ3n) is 2.47. The van der Waals surface area contributed by atoms with Crippen molar-refractivity contribution >= 4 is 17.3 Å². The molecule has 0 spiro atoms. The van der Waals surface area contributed by atoms with Crippen LogP contribution in [0.25, 0.3) is 0 Å². The number of carbonyl (C=O) groups is 1. The number of nitrogens with two attached hydrogens (primary N) is 1. The summed E-state index contributed by atoms with van der Waals surface area (Å²) < 4.78 is 37.2. The van der Waals surface area contributed by atoms with E-state index in [1.54, 1.807) is 0 Å². The molecule has 1 aromatic carbocycles. The summed E-state index contributed by atoms with van der Waals surface area (Å²) in [6.07, 6.45) is -4.69. The van der Waals surface area contributed by atoms with Crippen LogP contribution in [0, 0.1) is 10.1 Å². The predicted octanol–water partition coefficient (Wildman–Crippen LogP) is 1.17. The van der Waals surface area contributed by atoms with Crippen molar-refractivity contribution in [2.45, 2.75) is 6.18 Å². The zero-order valence-corrected chi connectivity index (χ0v) is 10.6. The van der Waals surface area contributed by atoms with E-state index >= 15 is 0 Å². The van der Waals surface area contributed by atoms with Crippen LogP contribution in [0.15, 0.2) is 18.2 Å². The lowest BCUT2D eigenvalue weighted by Gasteiger charge is -2.23. The lowest BCUT2D eigenvalue weighted by atomic mass is 10.1. The monoisotopic (exact) mass is 307 g/mol. The van der Waals surface area contributed by atoms with Gasteiger partial charge in [0.2, 0.25) is 0 Å². The van der Waals surface area contributed by atoms with Crippen molar-refractivity contribution in [3.63, 3.8) is 0 Å². The Morgan fingerprint density at radius 3 is 2.52 bits per heavy atom. The quantitative estimate of drug-likeness (QED) is 0.482. The van der Waals surface area contributed by atoms with E-state index in [0.29, 0.717) is 0 Å². The van der Waals surface area contributed by atoms with Gasteiger partial charge in [-0.1, -0.05) is 0 Å². The molecule has 0 aliphatic rings. The number of aliphatic hydroxyl groups is 1. The van der Waals surface area contributed by atoms with Crippen LogP contribution in [0.1, 0.15) is 10.4 Å². The largest absolute Gasteiger partial charge is 0.406 e. The van der Waals surface area contributed by atoms with Crippen molar-refractivity contribution in [3.8, 4) is 0 Å². The fraction of sp³-hybridized carbons (Fsp3) is 0.364. The van der Waals surface area contributed by atoms with E-state index in [0.717, 1.165) is 18.2 Å². The third-order valence-corrected chi connectivity index (χ3v) is 2.47. The number of aliphatic hydroxyl groups excluding tert-OH is 1. The van der Waals surface area contributed by atoms with Crippen molar-refractivity contribution in [3.05, 3.63) is 33.9 Å². The Morgan fingerprint density at radius 1 is 1.43 bits per heavy atom. The molecule has 0 radical (unpaired) electrons. The summed E-state index contributed by atoms with van der Waals surface area (Å²) in [5, 5.41) is 19.6. The van der Waals surface area contributed by atoms with Gasteiger partial charge in [-0.15, -0.1) is 0 Å². The number of carbonyl (C=O) groups excluding carboxylic acids is 1. The molecule has 0 unspecified atom stereocenters. The SMILES string of the molecule is Nc1ccc([N+](=O)[O-])c(C(=O)N(CCO)CC(F)(F)F)c1. The molecule has 0 saturated carbocycles. The van der Waals surface area contributed by atoms with Crippen LogP contribution in [0.3, 0.4) is 0 Å². The Bertz CT molecular complexity index is 548. The zero-order chi connectivity index (χ0) is 16.2. The molecular formula is C11H12F3N3O4. The number of halogens is 3. The van der Waals surface area contributed by atoms with Gasteiger partial charge in [-0.25, -0.2) is 0 Å². The van der Waals surface area contributed by atoms with Crippen LogP contribution >= 0.6 is 0 Å². The molecule has 1 aromatic rings. The third kappa shape index (κ3) is 4.60. The molecule has 0 bridgehead atoms. The number of rotatable bonds is 5. The first-order chi connectivity index (χ1) is 9.65. The van der Waals surface area contributed by atoms with Gasteiger partial charge in [0.25, 0.3) is 11.6 Å². The second-order valence-electron chi connectivity index (χ2n) is 4.10. The molecule has 21 heavy (non-hydrogen) atoms. The number of amides is 1. The van der Waals surface area contributed by atoms with Crippen molar-refractivity contribution in [1.29, 1.82) is 0 Å². The van der Waals surface area contributed by atoms with Gasteiger partial charge in [0.1, 0.15) is 12.1 Å². The molecule has 10 heteroatoms. The highest BCUT2D eigenvalue weighted by Gasteiger charge is 2.35. The summed E-state index contributed by atoms with van der Waals surface area (Å²) in [7, 11) is 0. The number of nitro groups is 1. The molecule has 0 heterocycles. The number of benzene rings is 1. The summed E-state index contributed by atoms with van der Waals surface area (Å²) in [6, 6.07) is 3.03. The first-order valence-electron chi connectivity index (χ1n) is 5.66. The maximum absolute atomic E-state index is 12.4. The highest BCUT2D eigenvalue weighted by molar-refractivity contribution is 5.99. The van der Waals surface area contributed by atoms with E-state index in [1.165, 1.54) is 0 Å². The molecule has 0 atom stereocenters. The predicted molar refractivity (Wildman–Crippen MR) is 66.6 cm³/mol. The minimum absolute atomic E-state index is 0.0000860.